The zero-order chi connectivity index (χ0) is 55.0. The third-order valence-electron chi connectivity index (χ3n) is 14.4. The summed E-state index contributed by atoms with van der Waals surface area (Å²) in [5.74, 6) is -0.978. The summed E-state index contributed by atoms with van der Waals surface area (Å²) >= 11 is 0. The summed E-state index contributed by atoms with van der Waals surface area (Å²) < 4.78 is 16.8. The molecule has 0 radical (unpaired) electrons. The molecule has 0 amide bonds. The van der Waals surface area contributed by atoms with Crippen molar-refractivity contribution in [2.75, 3.05) is 13.2 Å². The number of hydrogen-bond donors (Lipinski definition) is 0. The van der Waals surface area contributed by atoms with Gasteiger partial charge in [-0.1, -0.05) is 293 Å². The van der Waals surface area contributed by atoms with Gasteiger partial charge in [0.05, 0.1) is 0 Å². The van der Waals surface area contributed by atoms with Crippen molar-refractivity contribution in [2.45, 2.75) is 341 Å². The summed E-state index contributed by atoms with van der Waals surface area (Å²) in [6.07, 6.45) is 83.8. The standard InChI is InChI=1S/C70H124O6/c1-4-7-10-13-16-19-22-25-27-29-30-31-32-33-34-35-36-37-38-39-40-41-43-45-48-51-54-57-60-63-69(72)75-66-67(65-74-68(71)62-59-56-53-50-47-44-24-21-18-15-12-9-6-3)76-70(73)64-61-58-55-52-49-46-42-28-26-23-20-17-14-11-8-5-2/h9,12,18,21,28-30,42,44,47,53,56,67H,4-8,10-11,13-17,19-20,22-27,31-41,43,45-46,48-52,54-55,57-66H2,1-3H3/b12-9-,21-18-,30-29-,42-28-,47-44-,56-53-. The molecule has 0 heterocycles. The molecule has 0 N–H and O–H groups in total. The largest absolute Gasteiger partial charge is 0.462 e. The normalized spacial score (nSPS) is 12.5. The number of unbranched alkanes of at least 4 members (excludes halogenated alkanes) is 37. The highest BCUT2D eigenvalue weighted by molar-refractivity contribution is 5.71. The second-order valence-corrected chi connectivity index (χ2v) is 22.0. The van der Waals surface area contributed by atoms with E-state index < -0.39 is 6.10 Å². The van der Waals surface area contributed by atoms with Crippen molar-refractivity contribution in [2.24, 2.45) is 0 Å². The van der Waals surface area contributed by atoms with E-state index in [1.807, 2.05) is 6.08 Å². The maximum atomic E-state index is 12.9. The van der Waals surface area contributed by atoms with E-state index in [-0.39, 0.29) is 37.5 Å². The lowest BCUT2D eigenvalue weighted by Gasteiger charge is -2.18. The van der Waals surface area contributed by atoms with Crippen LogP contribution >= 0.6 is 0 Å². The maximum absolute atomic E-state index is 12.9. The van der Waals surface area contributed by atoms with Gasteiger partial charge in [0.2, 0.25) is 0 Å². The SMILES string of the molecule is CC/C=C\C/C=C\C/C=C\C/C=C\CCC(=O)OCC(COC(=O)CCCCCCCCCCCCCCCCCCC/C=C\CCCCCCCCCC)OC(=O)CCCCCCC/C=C\CCCCCCCCC. The molecule has 0 saturated heterocycles. The van der Waals surface area contributed by atoms with Crippen molar-refractivity contribution >= 4 is 17.9 Å². The molecule has 0 aliphatic heterocycles. The van der Waals surface area contributed by atoms with Crippen molar-refractivity contribution < 1.29 is 28.6 Å². The minimum atomic E-state index is -0.808. The minimum absolute atomic E-state index is 0.0983. The molecule has 0 aromatic rings. The number of carbonyl (C=O) groups excluding carboxylic acids is 3. The van der Waals surface area contributed by atoms with Crippen LogP contribution in [0, 0.1) is 0 Å². The van der Waals surface area contributed by atoms with Crippen LogP contribution in [0.1, 0.15) is 335 Å². The Kier molecular flexibility index (Phi) is 61.7. The van der Waals surface area contributed by atoms with Crippen molar-refractivity contribution in [1.82, 2.24) is 0 Å². The van der Waals surface area contributed by atoms with E-state index >= 15 is 0 Å². The molecule has 0 fully saturated rings. The number of carbonyl (C=O) groups is 3. The zero-order valence-electron chi connectivity index (χ0n) is 50.5. The molecular weight excluding hydrogens is 937 g/mol. The van der Waals surface area contributed by atoms with E-state index in [1.165, 1.54) is 212 Å². The van der Waals surface area contributed by atoms with E-state index in [1.54, 1.807) is 0 Å². The van der Waals surface area contributed by atoms with Crippen molar-refractivity contribution in [1.29, 1.82) is 0 Å². The Morgan fingerprint density at radius 3 is 0.882 bits per heavy atom. The molecular formula is C70H124O6. The van der Waals surface area contributed by atoms with Crippen LogP contribution in [0.5, 0.6) is 0 Å². The van der Waals surface area contributed by atoms with E-state index in [0.29, 0.717) is 19.3 Å². The monoisotopic (exact) mass is 1060 g/mol. The Labute approximate surface area is 472 Å². The first-order valence-corrected chi connectivity index (χ1v) is 32.9. The van der Waals surface area contributed by atoms with Gasteiger partial charge in [-0.15, -0.1) is 0 Å². The predicted octanol–water partition coefficient (Wildman–Crippen LogP) is 22.5. The van der Waals surface area contributed by atoms with Crippen LogP contribution in [0.25, 0.3) is 0 Å². The van der Waals surface area contributed by atoms with Crippen LogP contribution in [-0.4, -0.2) is 37.2 Å². The summed E-state index contributed by atoms with van der Waals surface area (Å²) in [5, 5.41) is 0. The lowest BCUT2D eigenvalue weighted by molar-refractivity contribution is -0.166. The number of esters is 3. The van der Waals surface area contributed by atoms with Crippen LogP contribution in [0.3, 0.4) is 0 Å². The van der Waals surface area contributed by atoms with Gasteiger partial charge in [0.25, 0.3) is 0 Å². The first kappa shape index (κ1) is 72.8. The molecule has 0 aliphatic rings. The maximum Gasteiger partial charge on any atom is 0.306 e. The van der Waals surface area contributed by atoms with Gasteiger partial charge in [-0.25, -0.2) is 0 Å². The third-order valence-corrected chi connectivity index (χ3v) is 14.4. The molecule has 0 aliphatic carbocycles. The van der Waals surface area contributed by atoms with E-state index in [4.69, 9.17) is 14.2 Å². The number of allylic oxidation sites excluding steroid dienone is 12. The second-order valence-electron chi connectivity index (χ2n) is 22.0. The fraction of sp³-hybridized carbons (Fsp3) is 0.786. The molecule has 0 saturated carbocycles. The molecule has 0 bridgehead atoms. The van der Waals surface area contributed by atoms with Crippen LogP contribution in [0.4, 0.5) is 0 Å². The topological polar surface area (TPSA) is 78.9 Å². The smallest absolute Gasteiger partial charge is 0.306 e. The third kappa shape index (κ3) is 61.7. The summed E-state index contributed by atoms with van der Waals surface area (Å²) in [6.45, 7) is 6.49. The van der Waals surface area contributed by atoms with Crippen molar-refractivity contribution in [3.8, 4) is 0 Å². The van der Waals surface area contributed by atoms with Crippen LogP contribution in [0.2, 0.25) is 0 Å². The summed E-state index contributed by atoms with van der Waals surface area (Å²) in [4.78, 5) is 38.2. The predicted molar refractivity (Wildman–Crippen MR) is 330 cm³/mol. The highest BCUT2D eigenvalue weighted by Crippen LogP contribution is 2.17. The van der Waals surface area contributed by atoms with E-state index in [0.717, 1.165) is 77.0 Å². The molecule has 1 unspecified atom stereocenters. The molecule has 0 spiro atoms. The van der Waals surface area contributed by atoms with Crippen LogP contribution < -0.4 is 0 Å². The first-order chi connectivity index (χ1) is 37.5. The molecule has 0 rings (SSSR count). The molecule has 76 heavy (non-hydrogen) atoms. The Hall–Kier alpha value is -3.15. The van der Waals surface area contributed by atoms with Gasteiger partial charge in [-0.2, -0.15) is 0 Å². The Balaban J connectivity index is 4.23. The summed E-state index contributed by atoms with van der Waals surface area (Å²) in [6, 6.07) is 0. The first-order valence-electron chi connectivity index (χ1n) is 32.9. The number of rotatable bonds is 60. The van der Waals surface area contributed by atoms with Gasteiger partial charge in [0, 0.05) is 19.3 Å². The molecule has 1 atom stereocenters. The van der Waals surface area contributed by atoms with Crippen LogP contribution in [0.15, 0.2) is 72.9 Å². The van der Waals surface area contributed by atoms with Gasteiger partial charge in [0.15, 0.2) is 6.10 Å². The van der Waals surface area contributed by atoms with Crippen molar-refractivity contribution in [3.05, 3.63) is 72.9 Å². The van der Waals surface area contributed by atoms with E-state index in [9.17, 15) is 14.4 Å². The summed E-state index contributed by atoms with van der Waals surface area (Å²) in [7, 11) is 0. The quantitative estimate of drug-likeness (QED) is 0.0261. The van der Waals surface area contributed by atoms with Gasteiger partial charge in [0.1, 0.15) is 13.2 Å². The van der Waals surface area contributed by atoms with Crippen molar-refractivity contribution in [3.63, 3.8) is 0 Å². The average Bonchev–Trinajstić information content (AvgIpc) is 3.42. The Morgan fingerprint density at radius 1 is 0.276 bits per heavy atom. The Bertz CT molecular complexity index is 1400. The van der Waals surface area contributed by atoms with Gasteiger partial charge >= 0.3 is 17.9 Å². The van der Waals surface area contributed by atoms with Gasteiger partial charge in [-0.3, -0.25) is 14.4 Å². The van der Waals surface area contributed by atoms with Crippen LogP contribution in [-0.2, 0) is 28.6 Å². The molecule has 6 heteroatoms. The minimum Gasteiger partial charge on any atom is -0.462 e. The highest BCUT2D eigenvalue weighted by atomic mass is 16.6. The summed E-state index contributed by atoms with van der Waals surface area (Å²) in [5.41, 5.74) is 0. The fourth-order valence-corrected chi connectivity index (χ4v) is 9.51. The van der Waals surface area contributed by atoms with E-state index in [2.05, 4.69) is 87.6 Å². The second kappa shape index (κ2) is 64.4. The number of hydrogen-bond acceptors (Lipinski definition) is 6. The zero-order valence-corrected chi connectivity index (χ0v) is 50.5. The fourth-order valence-electron chi connectivity index (χ4n) is 9.51. The average molecular weight is 1060 g/mol. The molecule has 440 valence electrons. The molecule has 0 aromatic heterocycles. The molecule has 6 nitrogen and oxygen atoms in total. The lowest BCUT2D eigenvalue weighted by atomic mass is 10.0. The lowest BCUT2D eigenvalue weighted by Crippen LogP contribution is -2.30. The van der Waals surface area contributed by atoms with Gasteiger partial charge < -0.3 is 14.2 Å². The molecule has 0 aromatic carbocycles. The van der Waals surface area contributed by atoms with Gasteiger partial charge in [-0.05, 0) is 96.3 Å². The number of ether oxygens (including phenoxy) is 3. The highest BCUT2D eigenvalue weighted by Gasteiger charge is 2.19. The Morgan fingerprint density at radius 2 is 0.539 bits per heavy atom.